The van der Waals surface area contributed by atoms with Gasteiger partial charge in [-0.15, -0.1) is 0 Å². The molecule has 6 heteroatoms. The molecule has 0 saturated heterocycles. The smallest absolute Gasteiger partial charge is 0.295 e. The van der Waals surface area contributed by atoms with E-state index in [1.807, 2.05) is 30.3 Å². The lowest BCUT2D eigenvalue weighted by Crippen LogP contribution is -2.18. The summed E-state index contributed by atoms with van der Waals surface area (Å²) in [5, 5.41) is 0. The molecule has 0 fully saturated rings. The van der Waals surface area contributed by atoms with Gasteiger partial charge < -0.3 is 4.98 Å². The van der Waals surface area contributed by atoms with Crippen LogP contribution in [0.25, 0.3) is 22.4 Å². The highest BCUT2D eigenvalue weighted by atomic mass is 32.2. The first-order chi connectivity index (χ1) is 20.7. The van der Waals surface area contributed by atoms with Crippen molar-refractivity contribution in [3.63, 3.8) is 0 Å². The largest absolute Gasteiger partial charge is 0.338 e. The van der Waals surface area contributed by atoms with Gasteiger partial charge in [0, 0.05) is 5.56 Å². The summed E-state index contributed by atoms with van der Waals surface area (Å²) < 4.78 is 38.2. The molecule has 0 saturated carbocycles. The zero-order valence-corrected chi connectivity index (χ0v) is 28.7. The van der Waals surface area contributed by atoms with Crippen LogP contribution in [0.4, 0.5) is 0 Å². The van der Waals surface area contributed by atoms with Gasteiger partial charge in [0.05, 0.1) is 11.0 Å². The summed E-state index contributed by atoms with van der Waals surface area (Å²) in [6, 6.07) is 10.1. The van der Waals surface area contributed by atoms with Gasteiger partial charge in [-0.3, -0.25) is 4.55 Å². The van der Waals surface area contributed by atoms with Crippen molar-refractivity contribution in [2.24, 2.45) is 17.8 Å². The van der Waals surface area contributed by atoms with E-state index in [-0.39, 0.29) is 4.90 Å². The Bertz CT molecular complexity index is 1360. The Morgan fingerprint density at radius 3 is 1.60 bits per heavy atom. The molecule has 5 nitrogen and oxygen atoms in total. The highest BCUT2D eigenvalue weighted by Gasteiger charge is 2.32. The molecule has 0 aliphatic heterocycles. The summed E-state index contributed by atoms with van der Waals surface area (Å²) in [6.07, 6.45) is 15.0. The minimum absolute atomic E-state index is 0.175. The fourth-order valence-electron chi connectivity index (χ4n) is 6.76. The molecule has 3 rings (SSSR count). The van der Waals surface area contributed by atoms with Crippen LogP contribution in [-0.2, 0) is 29.4 Å². The normalized spacial score (nSPS) is 14.3. The van der Waals surface area contributed by atoms with E-state index < -0.39 is 10.1 Å². The number of rotatable bonds is 20. The van der Waals surface area contributed by atoms with Gasteiger partial charge in [0.15, 0.2) is 0 Å². The van der Waals surface area contributed by atoms with Crippen LogP contribution in [-0.4, -0.2) is 22.9 Å². The third-order valence-electron chi connectivity index (χ3n) is 9.62. The molecule has 0 aliphatic rings. The first-order valence-corrected chi connectivity index (χ1v) is 18.7. The van der Waals surface area contributed by atoms with Gasteiger partial charge in [-0.1, -0.05) is 149 Å². The van der Waals surface area contributed by atoms with E-state index in [4.69, 9.17) is 4.98 Å². The summed E-state index contributed by atoms with van der Waals surface area (Å²) in [5.41, 5.74) is 5.29. The van der Waals surface area contributed by atoms with Crippen molar-refractivity contribution in [1.82, 2.24) is 9.97 Å². The highest BCUT2D eigenvalue weighted by molar-refractivity contribution is 7.86. The van der Waals surface area contributed by atoms with Crippen LogP contribution in [0.1, 0.15) is 135 Å². The first kappa shape index (κ1) is 35.3. The second kappa shape index (κ2) is 17.3. The molecule has 43 heavy (non-hydrogen) atoms. The fourth-order valence-corrected chi connectivity index (χ4v) is 7.77. The Balaban J connectivity index is 2.42. The summed E-state index contributed by atoms with van der Waals surface area (Å²) in [4.78, 5) is 9.02. The van der Waals surface area contributed by atoms with Crippen LogP contribution in [0.5, 0.6) is 0 Å². The average molecular weight is 611 g/mol. The molecule has 3 aromatic rings. The second-order valence-corrected chi connectivity index (χ2v) is 14.1. The molecule has 2 N–H and O–H groups in total. The predicted molar refractivity (Wildman–Crippen MR) is 182 cm³/mol. The Kier molecular flexibility index (Phi) is 14.2. The summed E-state index contributed by atoms with van der Waals surface area (Å²) in [5.74, 6) is 1.89. The Morgan fingerprint density at radius 2 is 1.16 bits per heavy atom. The van der Waals surface area contributed by atoms with Crippen LogP contribution in [0.2, 0.25) is 0 Å². The van der Waals surface area contributed by atoms with E-state index in [1.165, 1.54) is 0 Å². The van der Waals surface area contributed by atoms with Crippen molar-refractivity contribution >= 4 is 21.2 Å². The van der Waals surface area contributed by atoms with E-state index in [0.717, 1.165) is 123 Å². The Labute approximate surface area is 262 Å². The molecule has 0 radical (unpaired) electrons. The number of benzene rings is 2. The topological polar surface area (TPSA) is 83.0 Å². The van der Waals surface area contributed by atoms with Gasteiger partial charge in [-0.2, -0.15) is 8.42 Å². The lowest BCUT2D eigenvalue weighted by Gasteiger charge is -2.26. The number of aromatic amines is 1. The number of nitrogens with one attached hydrogen (secondary N) is 1. The van der Waals surface area contributed by atoms with E-state index in [0.29, 0.717) is 30.6 Å². The van der Waals surface area contributed by atoms with E-state index >= 15 is 0 Å². The fraction of sp³-hybridized carbons (Fsp3) is 0.649. The van der Waals surface area contributed by atoms with Gasteiger partial charge in [0.2, 0.25) is 0 Å². The van der Waals surface area contributed by atoms with Crippen molar-refractivity contribution in [3.05, 3.63) is 47.0 Å². The lowest BCUT2D eigenvalue weighted by atomic mass is 9.82. The molecule has 0 bridgehead atoms. The van der Waals surface area contributed by atoms with Crippen molar-refractivity contribution in [2.45, 2.75) is 143 Å². The van der Waals surface area contributed by atoms with E-state index in [1.54, 1.807) is 0 Å². The SMILES string of the molecule is CCCCC(CC)Cc1c(S(=O)(=O)O)c(CC(CC)CCCC)c2[nH]c(-c3ccccc3)nc2c1CC(CC)CCCC. The summed E-state index contributed by atoms with van der Waals surface area (Å²) in [6.45, 7) is 13.3. The average Bonchev–Trinajstić information content (AvgIpc) is 3.45. The number of hydrogen-bond donors (Lipinski definition) is 2. The molecular formula is C37H58N2O3S. The number of hydrogen-bond acceptors (Lipinski definition) is 3. The molecule has 240 valence electrons. The zero-order valence-electron chi connectivity index (χ0n) is 27.8. The van der Waals surface area contributed by atoms with Gasteiger partial charge in [0.1, 0.15) is 10.7 Å². The predicted octanol–water partition coefficient (Wildman–Crippen LogP) is 10.8. The molecular weight excluding hydrogens is 552 g/mol. The quantitative estimate of drug-likeness (QED) is 0.125. The van der Waals surface area contributed by atoms with Gasteiger partial charge in [0.25, 0.3) is 10.1 Å². The number of aromatic nitrogens is 2. The Hall–Kier alpha value is -2.18. The van der Waals surface area contributed by atoms with Crippen LogP contribution < -0.4 is 0 Å². The van der Waals surface area contributed by atoms with Crippen LogP contribution in [0.3, 0.4) is 0 Å². The molecule has 1 heterocycles. The number of fused-ring (bicyclic) bond motifs is 1. The molecule has 0 amide bonds. The van der Waals surface area contributed by atoms with E-state index in [9.17, 15) is 13.0 Å². The Morgan fingerprint density at radius 1 is 0.698 bits per heavy atom. The molecule has 3 atom stereocenters. The molecule has 0 aliphatic carbocycles. The van der Waals surface area contributed by atoms with Gasteiger partial charge >= 0.3 is 0 Å². The number of nitrogens with zero attached hydrogens (tertiary/aromatic N) is 1. The zero-order chi connectivity index (χ0) is 31.4. The van der Waals surface area contributed by atoms with Crippen molar-refractivity contribution in [3.8, 4) is 11.4 Å². The van der Waals surface area contributed by atoms with Crippen LogP contribution in [0, 0.1) is 17.8 Å². The summed E-state index contributed by atoms with van der Waals surface area (Å²) in [7, 11) is -4.49. The number of imidazole rings is 1. The molecule has 2 aromatic carbocycles. The minimum atomic E-state index is -4.49. The monoisotopic (exact) mass is 610 g/mol. The van der Waals surface area contributed by atoms with Crippen molar-refractivity contribution < 1.29 is 13.0 Å². The molecule has 1 aromatic heterocycles. The maximum Gasteiger partial charge on any atom is 0.295 e. The second-order valence-electron chi connectivity index (χ2n) is 12.8. The maximum atomic E-state index is 13.6. The third kappa shape index (κ3) is 9.41. The van der Waals surface area contributed by atoms with Crippen molar-refractivity contribution in [1.29, 1.82) is 0 Å². The standard InChI is InChI=1S/C37H58N2O3S/c1-7-13-19-27(10-4)24-31-32(25-28(11-5)20-14-8-2)36(43(40,41)42)33(26-29(12-6)21-15-9-3)35-34(31)38-37(39-35)30-22-17-16-18-23-30/h16-18,22-23,27-29H,7-15,19-21,24-26H2,1-6H3,(H,38,39)(H,40,41,42). The lowest BCUT2D eigenvalue weighted by molar-refractivity contribution is 0.425. The number of unbranched alkanes of at least 4 members (excludes halogenated alkanes) is 3. The van der Waals surface area contributed by atoms with Gasteiger partial charge in [-0.05, 0) is 53.7 Å². The molecule has 0 spiro atoms. The highest BCUT2D eigenvalue weighted by Crippen LogP contribution is 2.40. The number of H-pyrrole nitrogens is 1. The van der Waals surface area contributed by atoms with E-state index in [2.05, 4.69) is 46.5 Å². The summed E-state index contributed by atoms with van der Waals surface area (Å²) >= 11 is 0. The van der Waals surface area contributed by atoms with Crippen molar-refractivity contribution in [2.75, 3.05) is 0 Å². The third-order valence-corrected chi connectivity index (χ3v) is 10.6. The first-order valence-electron chi connectivity index (χ1n) is 17.3. The maximum absolute atomic E-state index is 13.6. The van der Waals surface area contributed by atoms with Gasteiger partial charge in [-0.25, -0.2) is 4.98 Å². The van der Waals surface area contributed by atoms with Crippen LogP contribution >= 0.6 is 0 Å². The van der Waals surface area contributed by atoms with Crippen LogP contribution in [0.15, 0.2) is 35.2 Å². The molecule has 3 unspecified atom stereocenters. The minimum Gasteiger partial charge on any atom is -0.338 e.